The molecule has 6 aromatic rings. The van der Waals surface area contributed by atoms with Crippen LogP contribution in [0.5, 0.6) is 0 Å². The van der Waals surface area contributed by atoms with Gasteiger partial charge in [0, 0.05) is 145 Å². The van der Waals surface area contributed by atoms with E-state index in [0.717, 1.165) is 17.7 Å². The molecule has 2 aromatic heterocycles. The second-order valence-corrected chi connectivity index (χ2v) is 34.2. The Balaban J connectivity index is 0.811. The summed E-state index contributed by atoms with van der Waals surface area (Å²) in [6.07, 6.45) is 3.15. The van der Waals surface area contributed by atoms with Gasteiger partial charge in [0.1, 0.15) is 55.5 Å². The molecule has 0 radical (unpaired) electrons. The summed E-state index contributed by atoms with van der Waals surface area (Å²) < 4.78 is 11.3. The molecule has 42 nitrogen and oxygen atoms in total. The van der Waals surface area contributed by atoms with Crippen LogP contribution in [0, 0.1) is 11.8 Å². The number of rotatable bonds is 41. The first-order valence-electron chi connectivity index (χ1n) is 45.3. The lowest BCUT2D eigenvalue weighted by Crippen LogP contribution is -2.59. The van der Waals surface area contributed by atoms with Crippen molar-refractivity contribution in [3.8, 4) is 0 Å². The predicted octanol–water partition coefficient (Wildman–Crippen LogP) is 4.51. The molecule has 12 N–H and O–H groups in total. The highest BCUT2D eigenvalue weighted by Gasteiger charge is 2.46. The van der Waals surface area contributed by atoms with Gasteiger partial charge < -0.3 is 82.0 Å². The number of likely N-dealkylation sites (tertiary alicyclic amines) is 2. The molecule has 136 heavy (non-hydrogen) atoms. The average Bonchev–Trinajstić information content (AvgIpc) is 1.90. The number of amides is 13. The summed E-state index contributed by atoms with van der Waals surface area (Å²) in [5, 5.41) is 71.4. The lowest BCUT2D eigenvalue weighted by Gasteiger charge is -2.34. The van der Waals surface area contributed by atoms with Gasteiger partial charge in [0.05, 0.1) is 26.2 Å². The highest BCUT2D eigenvalue weighted by molar-refractivity contribution is 6.06. The number of urea groups is 1. The minimum absolute atomic E-state index is 0.00670. The van der Waals surface area contributed by atoms with Crippen molar-refractivity contribution in [1.82, 2.24) is 75.8 Å². The smallest absolute Gasteiger partial charge is 0.419 e. The number of carbonyl (C=O) groups excluding carboxylic acids is 13. The van der Waals surface area contributed by atoms with Gasteiger partial charge in [-0.25, -0.2) is 29.0 Å². The zero-order valence-corrected chi connectivity index (χ0v) is 76.0. The summed E-state index contributed by atoms with van der Waals surface area (Å²) in [5.74, 6) is -12.8. The molecule has 1 saturated carbocycles. The first kappa shape index (κ1) is 104. The molecule has 728 valence electrons. The number of aromatic nitrogens is 2. The van der Waals surface area contributed by atoms with Crippen molar-refractivity contribution in [1.29, 1.82) is 0 Å². The SMILES string of the molecule is CC(=O)[C@H](CCC(=O)O)N(C(=O)OCc1ccc(NC(=O)[C@@H]2CCCN2C(=O)[C@@H](C)NC(=O)c2ccncc2)cc1)C(=O)N(C(=O)OCc1ccc(NC(=O)[C@@H]2CCCN2C(=O)[C@@H](C)NC(=O)c2ccncc2)cc1)[C@@H](CCCCNC(=O)[C@H](Cc1ccc2ccccc2c1)NC(=O)C1CCC(CNC(=O)CN2CCN(CC(=O)O)CCN(CC(=O)O)CCN(CC(=O)O)CC2)CC1)C(=O)O. The molecule has 0 unspecified atom stereocenters. The van der Waals surface area contributed by atoms with Crippen LogP contribution in [-0.2, 0) is 91.4 Å². The Bertz CT molecular complexity index is 5210. The van der Waals surface area contributed by atoms with E-state index in [-0.39, 0.29) is 186 Å². The van der Waals surface area contributed by atoms with E-state index in [4.69, 9.17) is 9.47 Å². The molecule has 42 heteroatoms. The number of hydrogen-bond donors (Lipinski definition) is 12. The quantitative estimate of drug-likeness (QED) is 0.0235. The topological polar surface area (TPSA) is 563 Å². The average molecular weight is 1890 g/mol. The molecule has 3 aliphatic heterocycles. The number of anilines is 2. The summed E-state index contributed by atoms with van der Waals surface area (Å²) in [6, 6.07) is 19.2. The van der Waals surface area contributed by atoms with E-state index in [1.165, 1.54) is 121 Å². The lowest BCUT2D eigenvalue weighted by molar-refractivity contribution is -0.142. The minimum atomic E-state index is -2.26. The van der Waals surface area contributed by atoms with Crippen LogP contribution in [0.15, 0.2) is 140 Å². The zero-order valence-electron chi connectivity index (χ0n) is 76.0. The van der Waals surface area contributed by atoms with Crippen molar-refractivity contribution in [2.24, 2.45) is 11.8 Å². The first-order chi connectivity index (χ1) is 65.1. The van der Waals surface area contributed by atoms with Gasteiger partial charge in [-0.1, -0.05) is 66.7 Å². The number of nitrogens with one attached hydrogen (secondary N) is 7. The maximum atomic E-state index is 15.5. The number of hydrogen-bond acceptors (Lipinski definition) is 26. The standard InChI is InChI=1S/C94H117N17O25/c1-59(99-83(122)68-31-36-95-37-32-68)89(128)108-40-8-13-75(108)87(126)101-71-25-18-63(19-26-71)57-135-93(133)110(74(61(3)112)29-30-79(114)115)92(132)111(94(134)136-58-64-20-27-72(28-21-64)102-88(127)76-14-9-41-109(76)90(129)60(2)100-84(123)69-33-38-96-39-34-69)77(91(130)131)12-6-7-35-97-86(125)73(51-65-17-22-66-10-4-5-11-70(66)50-65)103-85(124)67-23-15-62(16-24-67)52-98-78(113)53-104-42-44-105(54-80(116)117)46-48-107(56-82(120)121)49-47-106(45-43-104)55-81(118)119/h4-5,10-11,17-22,25-28,31-34,36-39,50,59-60,62,67,73-77H,6-9,12-16,23-24,29-30,35,40-49,51-58H2,1-3H3,(H,97,125)(H,98,113)(H,99,122)(H,100,123)(H,101,126)(H,102,127)(H,103,124)(H,114,115)(H,116,117)(H,118,119)(H,120,121)(H,130,131)/t59-,60-,62?,67?,73+,74+,75+,76+,77+/m1/s1. The Kier molecular flexibility index (Phi) is 39.1. The number of benzene rings is 4. The fourth-order valence-corrected chi connectivity index (χ4v) is 16.8. The molecule has 4 aromatic carbocycles. The van der Waals surface area contributed by atoms with Gasteiger partial charge in [0.2, 0.25) is 41.4 Å². The third kappa shape index (κ3) is 31.4. The van der Waals surface area contributed by atoms with E-state index >= 15 is 4.79 Å². The van der Waals surface area contributed by atoms with E-state index in [9.17, 15) is 107 Å². The number of nitrogens with zero attached hydrogens (tertiary/aromatic N) is 10. The molecule has 10 rings (SSSR count). The number of pyridine rings is 2. The molecule has 5 heterocycles. The van der Waals surface area contributed by atoms with Gasteiger partial charge in [-0.3, -0.25) is 96.7 Å². The zero-order chi connectivity index (χ0) is 98.1. The minimum Gasteiger partial charge on any atom is -0.481 e. The molecule has 0 spiro atoms. The third-order valence-electron chi connectivity index (χ3n) is 24.2. The van der Waals surface area contributed by atoms with Crippen LogP contribution < -0.4 is 37.2 Å². The number of unbranched alkanes of at least 4 members (excludes halogenated alkanes) is 1. The predicted molar refractivity (Wildman–Crippen MR) is 488 cm³/mol. The van der Waals surface area contributed by atoms with E-state index in [1.807, 2.05) is 47.4 Å². The monoisotopic (exact) mass is 1880 g/mol. The molecule has 4 fully saturated rings. The van der Waals surface area contributed by atoms with Crippen molar-refractivity contribution in [2.75, 3.05) is 115 Å². The second kappa shape index (κ2) is 51.3. The Labute approximate surface area is 783 Å². The summed E-state index contributed by atoms with van der Waals surface area (Å²) in [5.41, 5.74) is 2.05. The highest BCUT2D eigenvalue weighted by atomic mass is 16.6. The summed E-state index contributed by atoms with van der Waals surface area (Å²) in [4.78, 5) is 262. The summed E-state index contributed by atoms with van der Waals surface area (Å²) in [6.45, 7) is 3.62. The number of imide groups is 2. The molecular weight excluding hydrogens is 1770 g/mol. The van der Waals surface area contributed by atoms with Gasteiger partial charge in [-0.05, 0) is 180 Å². The Hall–Kier alpha value is -14.3. The van der Waals surface area contributed by atoms with Crippen molar-refractivity contribution in [3.63, 3.8) is 0 Å². The lowest BCUT2D eigenvalue weighted by atomic mass is 9.81. The summed E-state index contributed by atoms with van der Waals surface area (Å²) >= 11 is 0. The number of aliphatic carboxylic acids is 5. The first-order valence-corrected chi connectivity index (χ1v) is 45.3. The van der Waals surface area contributed by atoms with Crippen molar-refractivity contribution in [3.05, 3.63) is 168 Å². The number of ketones is 1. The number of ether oxygens (including phenoxy) is 2. The Morgan fingerprint density at radius 1 is 0.456 bits per heavy atom. The number of carboxylic acids is 5. The van der Waals surface area contributed by atoms with Crippen LogP contribution in [0.25, 0.3) is 10.8 Å². The number of fused-ring (bicyclic) bond motifs is 1. The van der Waals surface area contributed by atoms with Crippen molar-refractivity contribution >= 4 is 129 Å². The van der Waals surface area contributed by atoms with Crippen molar-refractivity contribution in [2.45, 2.75) is 166 Å². The molecule has 3 saturated heterocycles. The Morgan fingerprint density at radius 3 is 1.34 bits per heavy atom. The van der Waals surface area contributed by atoms with Crippen LogP contribution in [-0.4, -0.2) is 329 Å². The van der Waals surface area contributed by atoms with Gasteiger partial charge in [-0.2, -0.15) is 0 Å². The third-order valence-corrected chi connectivity index (χ3v) is 24.2. The highest BCUT2D eigenvalue weighted by Crippen LogP contribution is 2.31. The van der Waals surface area contributed by atoms with Crippen molar-refractivity contribution < 1.29 is 121 Å². The fourth-order valence-electron chi connectivity index (χ4n) is 16.8. The van der Waals surface area contributed by atoms with Gasteiger partial charge in [-0.15, -0.1) is 0 Å². The molecule has 13 amide bonds. The van der Waals surface area contributed by atoms with Crippen LogP contribution in [0.2, 0.25) is 0 Å². The number of Topliss-reactive ketones (excluding diaryl/α,β-unsaturated/α-hetero) is 1. The molecule has 4 aliphatic rings. The molecule has 0 bridgehead atoms. The van der Waals surface area contributed by atoms with Gasteiger partial charge in [0.15, 0.2) is 5.78 Å². The van der Waals surface area contributed by atoms with E-state index < -0.39 is 182 Å². The van der Waals surface area contributed by atoms with Crippen LogP contribution in [0.1, 0.15) is 142 Å². The maximum absolute atomic E-state index is 15.5. The fraction of sp³-hybridized carbons (Fsp3) is 0.468. The summed E-state index contributed by atoms with van der Waals surface area (Å²) in [7, 11) is 0. The van der Waals surface area contributed by atoms with Gasteiger partial charge in [0.25, 0.3) is 11.8 Å². The van der Waals surface area contributed by atoms with Crippen LogP contribution >= 0.6 is 0 Å². The van der Waals surface area contributed by atoms with Gasteiger partial charge >= 0.3 is 48.1 Å². The molecular formula is C94H117N17O25. The molecule has 7 atom stereocenters. The largest absolute Gasteiger partial charge is 0.481 e. The Morgan fingerprint density at radius 2 is 0.897 bits per heavy atom. The second-order valence-electron chi connectivity index (χ2n) is 34.2. The number of carbonyl (C=O) groups is 18. The maximum Gasteiger partial charge on any atom is 0.419 e. The van der Waals surface area contributed by atoms with E-state index in [0.29, 0.717) is 50.5 Å². The van der Waals surface area contributed by atoms with E-state index in [1.54, 1.807) is 14.7 Å². The van der Waals surface area contributed by atoms with E-state index in [2.05, 4.69) is 47.2 Å². The normalized spacial score (nSPS) is 17.9. The molecule has 1 aliphatic carbocycles. The van der Waals surface area contributed by atoms with Crippen LogP contribution in [0.4, 0.5) is 25.8 Å². The van der Waals surface area contributed by atoms with Crippen LogP contribution in [0.3, 0.4) is 0 Å². The number of carboxylic acid groups (broad SMARTS) is 5.